The van der Waals surface area contributed by atoms with Crippen LogP contribution in [-0.2, 0) is 11.8 Å². The summed E-state index contributed by atoms with van der Waals surface area (Å²) < 4.78 is 1.54. The molecule has 0 saturated heterocycles. The number of hydrogen-bond acceptors (Lipinski definition) is 6. The van der Waals surface area contributed by atoms with E-state index in [1.165, 1.54) is 10.6 Å². The minimum absolute atomic E-state index is 0.0715. The molecule has 0 unspecified atom stereocenters. The molecular weight excluding hydrogens is 284 g/mol. The van der Waals surface area contributed by atoms with Gasteiger partial charge in [-0.1, -0.05) is 23.9 Å². The molecule has 0 amide bonds. The summed E-state index contributed by atoms with van der Waals surface area (Å²) in [6.07, 6.45) is 0. The van der Waals surface area contributed by atoms with E-state index in [4.69, 9.17) is 5.11 Å². The fourth-order valence-electron chi connectivity index (χ4n) is 1.62. The Morgan fingerprint density at radius 1 is 1.45 bits per heavy atom. The predicted octanol–water partition coefficient (Wildman–Crippen LogP) is 1.57. The molecule has 0 atom stereocenters. The SMILES string of the molecule is Cn1c(SCC(=O)O)nnc1-c1ccccc1[N+](=O)[O-]. The zero-order valence-corrected chi connectivity index (χ0v) is 11.2. The molecule has 0 radical (unpaired) electrons. The normalized spacial score (nSPS) is 10.4. The van der Waals surface area contributed by atoms with E-state index in [-0.39, 0.29) is 11.4 Å². The van der Waals surface area contributed by atoms with E-state index in [9.17, 15) is 14.9 Å². The molecule has 20 heavy (non-hydrogen) atoms. The van der Waals surface area contributed by atoms with Gasteiger partial charge in [-0.3, -0.25) is 14.9 Å². The fourth-order valence-corrected chi connectivity index (χ4v) is 2.25. The lowest BCUT2D eigenvalue weighted by Crippen LogP contribution is -2.01. The molecule has 0 aliphatic carbocycles. The lowest BCUT2D eigenvalue weighted by Gasteiger charge is -2.03. The van der Waals surface area contributed by atoms with Crippen molar-refractivity contribution >= 4 is 23.4 Å². The molecule has 9 heteroatoms. The monoisotopic (exact) mass is 294 g/mol. The molecule has 1 aromatic heterocycles. The second-order valence-electron chi connectivity index (χ2n) is 3.82. The van der Waals surface area contributed by atoms with Crippen molar-refractivity contribution in [3.05, 3.63) is 34.4 Å². The highest BCUT2D eigenvalue weighted by Gasteiger charge is 2.20. The second-order valence-corrected chi connectivity index (χ2v) is 4.76. The third-order valence-corrected chi connectivity index (χ3v) is 3.51. The number of thioether (sulfide) groups is 1. The third-order valence-electron chi connectivity index (χ3n) is 2.50. The maximum Gasteiger partial charge on any atom is 0.313 e. The quantitative estimate of drug-likeness (QED) is 0.506. The Hall–Kier alpha value is -2.42. The van der Waals surface area contributed by atoms with E-state index in [1.807, 2.05) is 0 Å². The van der Waals surface area contributed by atoms with Crippen LogP contribution < -0.4 is 0 Å². The summed E-state index contributed by atoms with van der Waals surface area (Å²) >= 11 is 1.00. The smallest absolute Gasteiger partial charge is 0.313 e. The number of carboxylic acids is 1. The van der Waals surface area contributed by atoms with Gasteiger partial charge in [0.15, 0.2) is 11.0 Å². The van der Waals surface area contributed by atoms with Gasteiger partial charge in [0.25, 0.3) is 5.69 Å². The number of hydrogen-bond donors (Lipinski definition) is 1. The highest BCUT2D eigenvalue weighted by Crippen LogP contribution is 2.29. The van der Waals surface area contributed by atoms with E-state index >= 15 is 0 Å². The Bertz CT molecular complexity index is 670. The van der Waals surface area contributed by atoms with Crippen LogP contribution in [0.2, 0.25) is 0 Å². The molecular formula is C11H10N4O4S. The van der Waals surface area contributed by atoms with E-state index in [2.05, 4.69) is 10.2 Å². The Balaban J connectivity index is 2.40. The first-order chi connectivity index (χ1) is 9.50. The van der Waals surface area contributed by atoms with E-state index < -0.39 is 10.9 Å². The number of aliphatic carboxylic acids is 1. The number of carboxylic acid groups (broad SMARTS) is 1. The van der Waals surface area contributed by atoms with Crippen LogP contribution in [0.4, 0.5) is 5.69 Å². The highest BCUT2D eigenvalue weighted by molar-refractivity contribution is 7.99. The van der Waals surface area contributed by atoms with Gasteiger partial charge < -0.3 is 9.67 Å². The van der Waals surface area contributed by atoms with Crippen LogP contribution in [-0.4, -0.2) is 36.5 Å². The molecule has 0 fully saturated rings. The number of aromatic nitrogens is 3. The van der Waals surface area contributed by atoms with Crippen LogP contribution in [0.1, 0.15) is 0 Å². The highest BCUT2D eigenvalue weighted by atomic mass is 32.2. The van der Waals surface area contributed by atoms with E-state index in [0.717, 1.165) is 11.8 Å². The van der Waals surface area contributed by atoms with Crippen LogP contribution in [0.25, 0.3) is 11.4 Å². The molecule has 0 bridgehead atoms. The minimum Gasteiger partial charge on any atom is -0.481 e. The Kier molecular flexibility index (Phi) is 3.99. The van der Waals surface area contributed by atoms with Crippen LogP contribution in [0.3, 0.4) is 0 Å². The number of benzene rings is 1. The van der Waals surface area contributed by atoms with Crippen LogP contribution in [0, 0.1) is 10.1 Å². The zero-order valence-electron chi connectivity index (χ0n) is 10.4. The number of rotatable bonds is 5. The number of nitrogens with zero attached hydrogens (tertiary/aromatic N) is 4. The zero-order chi connectivity index (χ0) is 14.7. The summed E-state index contributed by atoms with van der Waals surface area (Å²) in [5, 5.41) is 27.8. The fraction of sp³-hybridized carbons (Fsp3) is 0.182. The third kappa shape index (κ3) is 2.77. The average Bonchev–Trinajstić information content (AvgIpc) is 2.77. The molecule has 104 valence electrons. The van der Waals surface area contributed by atoms with Gasteiger partial charge in [0.05, 0.1) is 16.2 Å². The van der Waals surface area contributed by atoms with Crippen molar-refractivity contribution in [2.24, 2.45) is 7.05 Å². The predicted molar refractivity (Wildman–Crippen MR) is 71.5 cm³/mol. The van der Waals surface area contributed by atoms with Gasteiger partial charge >= 0.3 is 5.97 Å². The van der Waals surface area contributed by atoms with Gasteiger partial charge in [-0.15, -0.1) is 10.2 Å². The summed E-state index contributed by atoms with van der Waals surface area (Å²) in [6, 6.07) is 6.20. The minimum atomic E-state index is -0.967. The largest absolute Gasteiger partial charge is 0.481 e. The van der Waals surface area contributed by atoms with Crippen LogP contribution in [0.5, 0.6) is 0 Å². The Labute approximate surface area is 117 Å². The summed E-state index contributed by atoms with van der Waals surface area (Å²) in [4.78, 5) is 21.0. The van der Waals surface area contributed by atoms with Crippen molar-refractivity contribution in [3.8, 4) is 11.4 Å². The summed E-state index contributed by atoms with van der Waals surface area (Å²) in [5.41, 5.74) is 0.271. The molecule has 0 aliphatic rings. The molecule has 1 heterocycles. The lowest BCUT2D eigenvalue weighted by molar-refractivity contribution is -0.384. The number of carbonyl (C=O) groups is 1. The van der Waals surface area contributed by atoms with Crippen molar-refractivity contribution in [2.45, 2.75) is 5.16 Å². The molecule has 2 aromatic rings. The Morgan fingerprint density at radius 2 is 2.15 bits per heavy atom. The van der Waals surface area contributed by atoms with Gasteiger partial charge in [-0.25, -0.2) is 0 Å². The number of nitro groups is 1. The maximum atomic E-state index is 11.0. The molecule has 1 aromatic carbocycles. The van der Waals surface area contributed by atoms with Gasteiger partial charge in [0, 0.05) is 13.1 Å². The van der Waals surface area contributed by atoms with Crippen molar-refractivity contribution in [1.82, 2.24) is 14.8 Å². The molecule has 0 aliphatic heterocycles. The molecule has 0 spiro atoms. The molecule has 8 nitrogen and oxygen atoms in total. The molecule has 2 rings (SSSR count). The summed E-state index contributed by atoms with van der Waals surface area (Å²) in [5.74, 6) is -0.793. The van der Waals surface area contributed by atoms with Crippen molar-refractivity contribution in [2.75, 3.05) is 5.75 Å². The van der Waals surface area contributed by atoms with E-state index in [0.29, 0.717) is 16.5 Å². The van der Waals surface area contributed by atoms with Crippen LogP contribution >= 0.6 is 11.8 Å². The topological polar surface area (TPSA) is 111 Å². The first kappa shape index (κ1) is 14.0. The summed E-state index contributed by atoms with van der Waals surface area (Å²) in [7, 11) is 1.64. The van der Waals surface area contributed by atoms with Crippen molar-refractivity contribution < 1.29 is 14.8 Å². The lowest BCUT2D eigenvalue weighted by atomic mass is 10.1. The second kappa shape index (κ2) is 5.70. The number of nitro benzene ring substituents is 1. The van der Waals surface area contributed by atoms with Gasteiger partial charge in [-0.05, 0) is 6.07 Å². The van der Waals surface area contributed by atoms with Crippen LogP contribution in [0.15, 0.2) is 29.4 Å². The average molecular weight is 294 g/mol. The first-order valence-corrected chi connectivity index (χ1v) is 6.47. The maximum absolute atomic E-state index is 11.0. The number of para-hydroxylation sites is 1. The first-order valence-electron chi connectivity index (χ1n) is 5.48. The van der Waals surface area contributed by atoms with Gasteiger partial charge in [-0.2, -0.15) is 0 Å². The van der Waals surface area contributed by atoms with Crippen molar-refractivity contribution in [3.63, 3.8) is 0 Å². The standard InChI is InChI=1S/C11H10N4O4S/c1-14-10(12-13-11(14)20-6-9(16)17)7-4-2-3-5-8(7)15(18)19/h2-5H,6H2,1H3,(H,16,17). The van der Waals surface area contributed by atoms with Gasteiger partial charge in [0.2, 0.25) is 0 Å². The molecule has 0 saturated carbocycles. The van der Waals surface area contributed by atoms with E-state index in [1.54, 1.807) is 25.2 Å². The van der Waals surface area contributed by atoms with Gasteiger partial charge in [0.1, 0.15) is 0 Å². The summed E-state index contributed by atoms with van der Waals surface area (Å²) in [6.45, 7) is 0. The Morgan fingerprint density at radius 3 is 2.80 bits per heavy atom. The van der Waals surface area contributed by atoms with Crippen molar-refractivity contribution in [1.29, 1.82) is 0 Å². The molecule has 1 N–H and O–H groups in total.